The maximum absolute atomic E-state index is 13.4. The Kier molecular flexibility index (Phi) is 17.0. The van der Waals surface area contributed by atoms with E-state index in [2.05, 4.69) is 54.9 Å². The first-order chi connectivity index (χ1) is 27.1. The lowest BCUT2D eigenvalue weighted by Crippen LogP contribution is -2.09. The van der Waals surface area contributed by atoms with Gasteiger partial charge in [0.1, 0.15) is 11.5 Å². The summed E-state index contributed by atoms with van der Waals surface area (Å²) in [6.07, 6.45) is 11.8. The largest absolute Gasteiger partial charge is 0.494 e. The minimum atomic E-state index is -0.391. The van der Waals surface area contributed by atoms with Gasteiger partial charge in [0.25, 0.3) is 0 Å². The first-order valence-electron chi connectivity index (χ1n) is 20.0. The van der Waals surface area contributed by atoms with Gasteiger partial charge in [0.15, 0.2) is 0 Å². The number of benzene rings is 5. The van der Waals surface area contributed by atoms with Crippen LogP contribution in [-0.4, -0.2) is 49.2 Å². The van der Waals surface area contributed by atoms with E-state index in [-0.39, 0.29) is 13.2 Å². The zero-order chi connectivity index (χ0) is 38.5. The maximum atomic E-state index is 13.4. The molecule has 0 aliphatic carbocycles. The molecule has 0 radical (unpaired) electrons. The van der Waals surface area contributed by atoms with Crippen molar-refractivity contribution < 1.29 is 29.2 Å². The van der Waals surface area contributed by atoms with Gasteiger partial charge in [-0.2, -0.15) is 0 Å². The highest BCUT2D eigenvalue weighted by Gasteiger charge is 2.13. The van der Waals surface area contributed by atoms with Crippen molar-refractivity contribution in [3.8, 4) is 35.2 Å². The van der Waals surface area contributed by atoms with E-state index in [1.54, 1.807) is 6.07 Å². The summed E-state index contributed by atoms with van der Waals surface area (Å²) in [7, 11) is 0. The fourth-order valence-electron chi connectivity index (χ4n) is 6.25. The van der Waals surface area contributed by atoms with Crippen LogP contribution in [0.15, 0.2) is 91.0 Å². The van der Waals surface area contributed by atoms with Gasteiger partial charge in [-0.25, -0.2) is 4.79 Å². The van der Waals surface area contributed by atoms with Crippen molar-refractivity contribution >= 4 is 27.5 Å². The smallest absolute Gasteiger partial charge is 0.339 e. The molecule has 0 heterocycles. The number of ether oxygens (including phenoxy) is 3. The molecule has 0 amide bonds. The Morgan fingerprint density at radius 3 is 1.51 bits per heavy atom. The molecule has 0 saturated heterocycles. The number of hydrogen-bond acceptors (Lipinski definition) is 6. The number of carbonyl (C=O) groups is 1. The molecule has 0 unspecified atom stereocenters. The van der Waals surface area contributed by atoms with Crippen LogP contribution in [0.3, 0.4) is 0 Å². The highest BCUT2D eigenvalue weighted by atomic mass is 16.5. The SMILES string of the molecule is CCCCCCOC(=O)c1cc(C#Cc2ccc3cc(OCCCCCCO)ccc3c2)ccc1C#Cc1ccc2cc(OCCCCCCO)ccc2c1. The zero-order valence-corrected chi connectivity index (χ0v) is 32.2. The predicted octanol–water partition coefficient (Wildman–Crippen LogP) is 10.4. The van der Waals surface area contributed by atoms with Crippen molar-refractivity contribution in [3.63, 3.8) is 0 Å². The molecular formula is C49H54O6. The van der Waals surface area contributed by atoms with E-state index in [1.165, 1.54) is 0 Å². The summed E-state index contributed by atoms with van der Waals surface area (Å²) in [5, 5.41) is 22.2. The van der Waals surface area contributed by atoms with Gasteiger partial charge in [0.05, 0.1) is 25.4 Å². The van der Waals surface area contributed by atoms with Crippen LogP contribution in [0.5, 0.6) is 11.5 Å². The molecule has 0 bridgehead atoms. The Morgan fingerprint density at radius 2 is 0.945 bits per heavy atom. The van der Waals surface area contributed by atoms with Gasteiger partial charge in [-0.05, 0) is 133 Å². The minimum Gasteiger partial charge on any atom is -0.494 e. The standard InChI is InChI=1S/C49H54O6/c1-2-3-4-11-32-55-49(52)48-35-40(15-14-38-18-22-44-36-46(26-24-42(44)33-38)53-30-12-7-5-9-28-50)17-21-41(48)20-16-39-19-23-45-37-47(27-25-43(45)34-39)54-31-13-8-6-10-29-51/h17-19,21-27,33-37,50-51H,2-13,28-32H2,1H3. The van der Waals surface area contributed by atoms with Crippen LogP contribution in [0, 0.1) is 23.7 Å². The van der Waals surface area contributed by atoms with Crippen molar-refractivity contribution in [1.82, 2.24) is 0 Å². The van der Waals surface area contributed by atoms with Gasteiger partial charge in [0.2, 0.25) is 0 Å². The summed E-state index contributed by atoms with van der Waals surface area (Å²) in [6.45, 7) is 4.34. The predicted molar refractivity (Wildman–Crippen MR) is 223 cm³/mol. The van der Waals surface area contributed by atoms with Crippen LogP contribution >= 0.6 is 0 Å². The second kappa shape index (κ2) is 22.8. The summed E-state index contributed by atoms with van der Waals surface area (Å²) in [5.41, 5.74) is 3.43. The molecule has 0 aromatic heterocycles. The average molecular weight is 739 g/mol. The number of carbonyl (C=O) groups excluding carboxylic acids is 1. The van der Waals surface area contributed by atoms with E-state index in [0.717, 1.165) is 121 Å². The van der Waals surface area contributed by atoms with E-state index in [0.29, 0.717) is 36.5 Å². The molecule has 286 valence electrons. The molecule has 5 aromatic carbocycles. The number of aliphatic hydroxyl groups excluding tert-OH is 2. The second-order valence-corrected chi connectivity index (χ2v) is 13.9. The van der Waals surface area contributed by atoms with Gasteiger partial charge < -0.3 is 24.4 Å². The van der Waals surface area contributed by atoms with E-state index < -0.39 is 5.97 Å². The minimum absolute atomic E-state index is 0.244. The van der Waals surface area contributed by atoms with E-state index in [9.17, 15) is 4.79 Å². The molecule has 2 N–H and O–H groups in total. The van der Waals surface area contributed by atoms with Crippen LogP contribution < -0.4 is 9.47 Å². The number of hydrogen-bond donors (Lipinski definition) is 2. The average Bonchev–Trinajstić information content (AvgIpc) is 3.21. The van der Waals surface area contributed by atoms with Crippen LogP contribution in [-0.2, 0) is 4.74 Å². The van der Waals surface area contributed by atoms with Crippen LogP contribution in [0.1, 0.15) is 117 Å². The highest BCUT2D eigenvalue weighted by molar-refractivity contribution is 5.93. The number of fused-ring (bicyclic) bond motifs is 2. The topological polar surface area (TPSA) is 85.2 Å². The maximum Gasteiger partial charge on any atom is 0.339 e. The Balaban J connectivity index is 1.29. The lowest BCUT2D eigenvalue weighted by Gasteiger charge is -2.08. The lowest BCUT2D eigenvalue weighted by molar-refractivity contribution is 0.0497. The van der Waals surface area contributed by atoms with Gasteiger partial charge in [-0.1, -0.05) is 87.0 Å². The molecule has 55 heavy (non-hydrogen) atoms. The summed E-state index contributed by atoms with van der Waals surface area (Å²) < 4.78 is 17.6. The highest BCUT2D eigenvalue weighted by Crippen LogP contribution is 2.24. The van der Waals surface area contributed by atoms with E-state index in [1.807, 2.05) is 60.7 Å². The Labute approximate surface area is 326 Å². The molecule has 6 heteroatoms. The number of rotatable bonds is 20. The van der Waals surface area contributed by atoms with Gasteiger partial charge in [0, 0.05) is 35.5 Å². The molecule has 5 aromatic rings. The van der Waals surface area contributed by atoms with Crippen molar-refractivity contribution in [2.75, 3.05) is 33.0 Å². The number of aliphatic hydroxyl groups is 2. The monoisotopic (exact) mass is 738 g/mol. The first-order valence-corrected chi connectivity index (χ1v) is 20.0. The number of unbranched alkanes of at least 4 members (excludes halogenated alkanes) is 9. The molecule has 0 atom stereocenters. The quantitative estimate of drug-likeness (QED) is 0.0470. The third-order valence-corrected chi connectivity index (χ3v) is 9.43. The van der Waals surface area contributed by atoms with Gasteiger partial charge in [-0.15, -0.1) is 0 Å². The molecular weight excluding hydrogens is 685 g/mol. The molecule has 0 aliphatic rings. The Bertz CT molecular complexity index is 2110. The van der Waals surface area contributed by atoms with Crippen molar-refractivity contribution in [2.24, 2.45) is 0 Å². The molecule has 0 saturated carbocycles. The van der Waals surface area contributed by atoms with Crippen LogP contribution in [0.4, 0.5) is 0 Å². The second-order valence-electron chi connectivity index (χ2n) is 13.9. The number of esters is 1. The summed E-state index contributed by atoms with van der Waals surface area (Å²) in [4.78, 5) is 13.4. The van der Waals surface area contributed by atoms with E-state index in [4.69, 9.17) is 24.4 Å². The molecule has 0 aliphatic heterocycles. The molecule has 6 nitrogen and oxygen atoms in total. The Hall–Kier alpha value is -5.27. The van der Waals surface area contributed by atoms with Gasteiger partial charge >= 0.3 is 5.97 Å². The zero-order valence-electron chi connectivity index (χ0n) is 32.2. The summed E-state index contributed by atoms with van der Waals surface area (Å²) in [5.74, 6) is 14.3. The van der Waals surface area contributed by atoms with Crippen molar-refractivity contribution in [2.45, 2.75) is 84.0 Å². The van der Waals surface area contributed by atoms with Crippen LogP contribution in [0.2, 0.25) is 0 Å². The molecule has 0 spiro atoms. The Morgan fingerprint density at radius 1 is 0.491 bits per heavy atom. The summed E-state index contributed by atoms with van der Waals surface area (Å²) in [6, 6.07) is 29.9. The van der Waals surface area contributed by atoms with Crippen LogP contribution in [0.25, 0.3) is 21.5 Å². The third-order valence-electron chi connectivity index (χ3n) is 9.43. The van der Waals surface area contributed by atoms with Crippen molar-refractivity contribution in [1.29, 1.82) is 0 Å². The first kappa shape index (κ1) is 40.9. The van der Waals surface area contributed by atoms with E-state index >= 15 is 0 Å². The summed E-state index contributed by atoms with van der Waals surface area (Å²) >= 11 is 0. The van der Waals surface area contributed by atoms with Crippen molar-refractivity contribution in [3.05, 3.63) is 119 Å². The fraction of sp³-hybridized carbons (Fsp3) is 0.367. The molecule has 0 fully saturated rings. The molecule has 5 rings (SSSR count). The van der Waals surface area contributed by atoms with Gasteiger partial charge in [-0.3, -0.25) is 0 Å². The normalized spacial score (nSPS) is 10.7. The lowest BCUT2D eigenvalue weighted by atomic mass is 10.0. The third kappa shape index (κ3) is 13.5. The fourth-order valence-corrected chi connectivity index (χ4v) is 6.25.